The summed E-state index contributed by atoms with van der Waals surface area (Å²) in [6.07, 6.45) is 2.72. The SMILES string of the molecule is CC(CN1CCN(CCN2CCCC2)CC1)C(=O)O. The van der Waals surface area contributed by atoms with E-state index < -0.39 is 5.97 Å². The van der Waals surface area contributed by atoms with E-state index >= 15 is 0 Å². The van der Waals surface area contributed by atoms with Crippen molar-refractivity contribution in [2.45, 2.75) is 19.8 Å². The van der Waals surface area contributed by atoms with E-state index in [-0.39, 0.29) is 5.92 Å². The molecule has 2 heterocycles. The van der Waals surface area contributed by atoms with Gasteiger partial charge in [-0.05, 0) is 25.9 Å². The number of hydrogen-bond acceptors (Lipinski definition) is 4. The van der Waals surface area contributed by atoms with Gasteiger partial charge in [0.05, 0.1) is 5.92 Å². The number of hydrogen-bond donors (Lipinski definition) is 1. The van der Waals surface area contributed by atoms with Gasteiger partial charge in [-0.15, -0.1) is 0 Å². The summed E-state index contributed by atoms with van der Waals surface area (Å²) in [7, 11) is 0. The molecule has 5 heteroatoms. The molecule has 0 saturated carbocycles. The molecule has 2 aliphatic heterocycles. The van der Waals surface area contributed by atoms with E-state index in [4.69, 9.17) is 5.11 Å². The quantitative estimate of drug-likeness (QED) is 0.757. The van der Waals surface area contributed by atoms with E-state index in [1.54, 1.807) is 6.92 Å². The van der Waals surface area contributed by atoms with Gasteiger partial charge in [-0.2, -0.15) is 0 Å². The monoisotopic (exact) mass is 269 g/mol. The molecule has 0 aromatic rings. The van der Waals surface area contributed by atoms with Crippen molar-refractivity contribution >= 4 is 5.97 Å². The molecule has 0 spiro atoms. The second-order valence-electron chi connectivity index (χ2n) is 5.93. The summed E-state index contributed by atoms with van der Waals surface area (Å²) in [6, 6.07) is 0. The molecule has 1 N–H and O–H groups in total. The Kier molecular flexibility index (Phi) is 5.60. The van der Waals surface area contributed by atoms with E-state index in [1.807, 2.05) is 0 Å². The van der Waals surface area contributed by atoms with E-state index in [2.05, 4.69) is 14.7 Å². The Balaban J connectivity index is 1.60. The average Bonchev–Trinajstić information content (AvgIpc) is 2.91. The summed E-state index contributed by atoms with van der Waals surface area (Å²) in [5.74, 6) is -0.937. The van der Waals surface area contributed by atoms with Crippen molar-refractivity contribution in [3.05, 3.63) is 0 Å². The topological polar surface area (TPSA) is 47.0 Å². The van der Waals surface area contributed by atoms with Crippen molar-refractivity contribution in [3.8, 4) is 0 Å². The summed E-state index contributed by atoms with van der Waals surface area (Å²) in [5, 5.41) is 8.93. The third-order valence-electron chi connectivity index (χ3n) is 4.35. The van der Waals surface area contributed by atoms with Crippen molar-refractivity contribution in [2.24, 2.45) is 5.92 Å². The average molecular weight is 269 g/mol. The molecule has 0 radical (unpaired) electrons. The molecule has 5 nitrogen and oxygen atoms in total. The van der Waals surface area contributed by atoms with Crippen LogP contribution in [0, 0.1) is 5.92 Å². The van der Waals surface area contributed by atoms with Crippen LogP contribution < -0.4 is 0 Å². The van der Waals surface area contributed by atoms with Crippen molar-refractivity contribution in [3.63, 3.8) is 0 Å². The fraction of sp³-hybridized carbons (Fsp3) is 0.929. The molecular weight excluding hydrogens is 242 g/mol. The van der Waals surface area contributed by atoms with Crippen LogP contribution in [0.25, 0.3) is 0 Å². The number of carboxylic acid groups (broad SMARTS) is 1. The third-order valence-corrected chi connectivity index (χ3v) is 4.35. The van der Waals surface area contributed by atoms with Crippen molar-refractivity contribution < 1.29 is 9.90 Å². The van der Waals surface area contributed by atoms with Crippen molar-refractivity contribution in [1.29, 1.82) is 0 Å². The highest BCUT2D eigenvalue weighted by molar-refractivity contribution is 5.69. The maximum absolute atomic E-state index is 10.8. The zero-order valence-corrected chi connectivity index (χ0v) is 12.1. The molecule has 110 valence electrons. The lowest BCUT2D eigenvalue weighted by Gasteiger charge is -2.36. The highest BCUT2D eigenvalue weighted by atomic mass is 16.4. The fourth-order valence-corrected chi connectivity index (χ4v) is 2.95. The van der Waals surface area contributed by atoms with Crippen LogP contribution in [0.3, 0.4) is 0 Å². The number of likely N-dealkylation sites (tertiary alicyclic amines) is 1. The van der Waals surface area contributed by atoms with E-state index in [0.717, 1.165) is 26.2 Å². The van der Waals surface area contributed by atoms with E-state index in [9.17, 15) is 4.79 Å². The van der Waals surface area contributed by atoms with Gasteiger partial charge in [0.1, 0.15) is 0 Å². The van der Waals surface area contributed by atoms with Gasteiger partial charge < -0.3 is 10.0 Å². The Morgan fingerprint density at radius 2 is 1.42 bits per heavy atom. The molecule has 0 aromatic carbocycles. The summed E-state index contributed by atoms with van der Waals surface area (Å²) in [4.78, 5) is 18.2. The number of carboxylic acids is 1. The molecule has 0 bridgehead atoms. The van der Waals surface area contributed by atoms with Gasteiger partial charge in [-0.25, -0.2) is 0 Å². The highest BCUT2D eigenvalue weighted by Crippen LogP contribution is 2.09. The first-order valence-corrected chi connectivity index (χ1v) is 7.55. The van der Waals surface area contributed by atoms with Crippen LogP contribution in [0.5, 0.6) is 0 Å². The molecule has 19 heavy (non-hydrogen) atoms. The fourth-order valence-electron chi connectivity index (χ4n) is 2.95. The molecular formula is C14H27N3O2. The van der Waals surface area contributed by atoms with Crippen LogP contribution in [-0.4, -0.2) is 84.7 Å². The summed E-state index contributed by atoms with van der Waals surface area (Å²) < 4.78 is 0. The van der Waals surface area contributed by atoms with Gasteiger partial charge in [0, 0.05) is 45.8 Å². The number of carbonyl (C=O) groups is 1. The van der Waals surface area contributed by atoms with Crippen LogP contribution >= 0.6 is 0 Å². The molecule has 2 rings (SSSR count). The normalized spacial score (nSPS) is 24.7. The van der Waals surface area contributed by atoms with Crippen LogP contribution in [0.2, 0.25) is 0 Å². The van der Waals surface area contributed by atoms with Gasteiger partial charge in [-0.3, -0.25) is 14.6 Å². The zero-order chi connectivity index (χ0) is 13.7. The lowest BCUT2D eigenvalue weighted by molar-refractivity contribution is -0.141. The number of aliphatic carboxylic acids is 1. The number of piperazine rings is 1. The third kappa shape index (κ3) is 4.75. The van der Waals surface area contributed by atoms with Crippen LogP contribution in [0.4, 0.5) is 0 Å². The lowest BCUT2D eigenvalue weighted by Crippen LogP contribution is -2.49. The molecule has 1 atom stereocenters. The molecule has 2 fully saturated rings. The standard InChI is InChI=1S/C14H27N3O2/c1-13(14(18)19)12-17-10-8-16(9-11-17)7-6-15-4-2-3-5-15/h13H,2-12H2,1H3,(H,18,19). The lowest BCUT2D eigenvalue weighted by atomic mass is 10.1. The summed E-state index contributed by atoms with van der Waals surface area (Å²) >= 11 is 0. The summed E-state index contributed by atoms with van der Waals surface area (Å²) in [6.45, 7) is 11.6. The number of nitrogens with zero attached hydrogens (tertiary/aromatic N) is 3. The molecule has 0 aromatic heterocycles. The predicted octanol–water partition coefficient (Wildman–Crippen LogP) is 0.421. The zero-order valence-electron chi connectivity index (χ0n) is 12.1. The Morgan fingerprint density at radius 1 is 0.947 bits per heavy atom. The molecule has 1 unspecified atom stereocenters. The first kappa shape index (κ1) is 14.8. The maximum atomic E-state index is 10.8. The minimum atomic E-state index is -0.684. The minimum Gasteiger partial charge on any atom is -0.481 e. The minimum absolute atomic E-state index is 0.254. The smallest absolute Gasteiger partial charge is 0.307 e. The largest absolute Gasteiger partial charge is 0.481 e. The van der Waals surface area contributed by atoms with Crippen LogP contribution in [0.1, 0.15) is 19.8 Å². The molecule has 2 saturated heterocycles. The van der Waals surface area contributed by atoms with Crippen LogP contribution in [-0.2, 0) is 4.79 Å². The Bertz CT molecular complexity index is 284. The molecule has 2 aliphatic rings. The Labute approximate surface area is 116 Å². The van der Waals surface area contributed by atoms with Gasteiger partial charge in [0.15, 0.2) is 0 Å². The van der Waals surface area contributed by atoms with E-state index in [1.165, 1.54) is 39.0 Å². The maximum Gasteiger partial charge on any atom is 0.307 e. The van der Waals surface area contributed by atoms with Gasteiger partial charge >= 0.3 is 5.97 Å². The van der Waals surface area contributed by atoms with E-state index in [0.29, 0.717) is 6.54 Å². The van der Waals surface area contributed by atoms with Crippen molar-refractivity contribution in [1.82, 2.24) is 14.7 Å². The molecule has 0 amide bonds. The predicted molar refractivity (Wildman–Crippen MR) is 75.4 cm³/mol. The number of rotatable bonds is 6. The first-order chi connectivity index (χ1) is 9.15. The first-order valence-electron chi connectivity index (χ1n) is 7.55. The van der Waals surface area contributed by atoms with Gasteiger partial charge in [0.2, 0.25) is 0 Å². The highest BCUT2D eigenvalue weighted by Gasteiger charge is 2.21. The van der Waals surface area contributed by atoms with Gasteiger partial charge in [-0.1, -0.05) is 6.92 Å². The second kappa shape index (κ2) is 7.22. The van der Waals surface area contributed by atoms with Crippen molar-refractivity contribution in [2.75, 3.05) is 58.9 Å². The molecule has 0 aliphatic carbocycles. The Morgan fingerprint density at radius 3 is 1.95 bits per heavy atom. The second-order valence-corrected chi connectivity index (χ2v) is 5.93. The summed E-state index contributed by atoms with van der Waals surface area (Å²) in [5.41, 5.74) is 0. The van der Waals surface area contributed by atoms with Crippen LogP contribution in [0.15, 0.2) is 0 Å². The Hall–Kier alpha value is -0.650. The van der Waals surface area contributed by atoms with Gasteiger partial charge in [0.25, 0.3) is 0 Å².